The summed E-state index contributed by atoms with van der Waals surface area (Å²) in [5.74, 6) is -0.668. The Bertz CT molecular complexity index is 311. The quantitative estimate of drug-likeness (QED) is 0.821. The number of nitrogens with one attached hydrogen (secondary N) is 1. The fourth-order valence-electron chi connectivity index (χ4n) is 3.73. The SMILES string of the molecule is CC(C)NC1(C(=O)O)CCC(N2CCCCCC2)C1. The zero-order valence-electron chi connectivity index (χ0n) is 12.3. The fourth-order valence-corrected chi connectivity index (χ4v) is 3.73. The van der Waals surface area contributed by atoms with Crippen LogP contribution in [0, 0.1) is 0 Å². The van der Waals surface area contributed by atoms with Crippen LogP contribution in [0.1, 0.15) is 58.8 Å². The van der Waals surface area contributed by atoms with Crippen molar-refractivity contribution in [2.24, 2.45) is 0 Å². The largest absolute Gasteiger partial charge is 0.480 e. The Morgan fingerprint density at radius 3 is 2.42 bits per heavy atom. The average Bonchev–Trinajstić information content (AvgIpc) is 2.60. The molecule has 2 unspecified atom stereocenters. The molecule has 1 aliphatic carbocycles. The van der Waals surface area contributed by atoms with E-state index < -0.39 is 11.5 Å². The van der Waals surface area contributed by atoms with Crippen molar-refractivity contribution in [3.63, 3.8) is 0 Å². The third-order valence-corrected chi connectivity index (χ3v) is 4.62. The van der Waals surface area contributed by atoms with Crippen molar-refractivity contribution in [1.29, 1.82) is 0 Å². The molecule has 2 N–H and O–H groups in total. The van der Waals surface area contributed by atoms with Crippen LogP contribution in [0.15, 0.2) is 0 Å². The molecule has 2 atom stereocenters. The molecule has 1 saturated heterocycles. The summed E-state index contributed by atoms with van der Waals surface area (Å²) in [7, 11) is 0. The predicted octanol–water partition coefficient (Wildman–Crippen LogP) is 2.24. The van der Waals surface area contributed by atoms with E-state index in [1.165, 1.54) is 25.7 Å². The second-order valence-electron chi connectivity index (χ2n) is 6.53. The van der Waals surface area contributed by atoms with Crippen molar-refractivity contribution in [2.75, 3.05) is 13.1 Å². The van der Waals surface area contributed by atoms with Crippen molar-refractivity contribution in [3.8, 4) is 0 Å². The summed E-state index contributed by atoms with van der Waals surface area (Å²) in [4.78, 5) is 14.2. The number of rotatable bonds is 4. The summed E-state index contributed by atoms with van der Waals surface area (Å²) in [6.07, 6.45) is 7.76. The van der Waals surface area contributed by atoms with Crippen LogP contribution in [0.25, 0.3) is 0 Å². The van der Waals surface area contributed by atoms with E-state index in [-0.39, 0.29) is 6.04 Å². The molecule has 19 heavy (non-hydrogen) atoms. The molecule has 0 aromatic rings. The van der Waals surface area contributed by atoms with Gasteiger partial charge in [-0.15, -0.1) is 0 Å². The summed E-state index contributed by atoms with van der Waals surface area (Å²) in [6, 6.07) is 0.680. The van der Waals surface area contributed by atoms with Crippen molar-refractivity contribution in [2.45, 2.75) is 76.4 Å². The standard InChI is InChI=1S/C15H28N2O2/c1-12(2)16-15(14(18)19)8-7-13(11-15)17-9-5-3-4-6-10-17/h12-13,16H,3-11H2,1-2H3,(H,18,19). The monoisotopic (exact) mass is 268 g/mol. The summed E-state index contributed by atoms with van der Waals surface area (Å²) in [6.45, 7) is 6.37. The minimum Gasteiger partial charge on any atom is -0.480 e. The number of hydrogen-bond acceptors (Lipinski definition) is 3. The maximum atomic E-state index is 11.7. The Balaban J connectivity index is 2.01. The molecule has 110 valence electrons. The zero-order valence-corrected chi connectivity index (χ0v) is 12.3. The molecule has 1 heterocycles. The lowest BCUT2D eigenvalue weighted by atomic mass is 9.96. The molecule has 1 aliphatic heterocycles. The van der Waals surface area contributed by atoms with E-state index >= 15 is 0 Å². The second-order valence-corrected chi connectivity index (χ2v) is 6.53. The first-order valence-corrected chi connectivity index (χ1v) is 7.79. The number of carboxylic acids is 1. The molecule has 0 amide bonds. The molecule has 4 nitrogen and oxygen atoms in total. The van der Waals surface area contributed by atoms with Gasteiger partial charge in [0.15, 0.2) is 0 Å². The first-order valence-electron chi connectivity index (χ1n) is 7.79. The van der Waals surface area contributed by atoms with E-state index in [4.69, 9.17) is 0 Å². The predicted molar refractivity (Wildman–Crippen MR) is 76.3 cm³/mol. The van der Waals surface area contributed by atoms with Gasteiger partial charge in [0.05, 0.1) is 0 Å². The Morgan fingerprint density at radius 1 is 1.26 bits per heavy atom. The van der Waals surface area contributed by atoms with Crippen molar-refractivity contribution in [3.05, 3.63) is 0 Å². The highest BCUT2D eigenvalue weighted by atomic mass is 16.4. The molecule has 2 aliphatic rings. The Morgan fingerprint density at radius 2 is 1.89 bits per heavy atom. The molecular formula is C15H28N2O2. The van der Waals surface area contributed by atoms with E-state index in [1.54, 1.807) is 0 Å². The van der Waals surface area contributed by atoms with Crippen molar-refractivity contribution < 1.29 is 9.90 Å². The van der Waals surface area contributed by atoms with Crippen LogP contribution in [0.4, 0.5) is 0 Å². The smallest absolute Gasteiger partial charge is 0.323 e. The van der Waals surface area contributed by atoms with E-state index in [0.717, 1.165) is 32.4 Å². The van der Waals surface area contributed by atoms with Crippen LogP contribution in [0.2, 0.25) is 0 Å². The maximum Gasteiger partial charge on any atom is 0.323 e. The van der Waals surface area contributed by atoms with Crippen molar-refractivity contribution in [1.82, 2.24) is 10.2 Å². The average molecular weight is 268 g/mol. The van der Waals surface area contributed by atoms with Gasteiger partial charge in [-0.25, -0.2) is 0 Å². The van der Waals surface area contributed by atoms with Gasteiger partial charge in [-0.05, 0) is 59.0 Å². The lowest BCUT2D eigenvalue weighted by Gasteiger charge is -2.31. The van der Waals surface area contributed by atoms with Gasteiger partial charge in [-0.1, -0.05) is 12.8 Å². The molecule has 2 fully saturated rings. The molecule has 2 rings (SSSR count). The minimum absolute atomic E-state index is 0.221. The highest BCUT2D eigenvalue weighted by molar-refractivity contribution is 5.79. The van der Waals surface area contributed by atoms with Gasteiger partial charge >= 0.3 is 5.97 Å². The third-order valence-electron chi connectivity index (χ3n) is 4.62. The Labute approximate surface area is 116 Å². The van der Waals surface area contributed by atoms with Crippen LogP contribution in [0.5, 0.6) is 0 Å². The molecule has 0 radical (unpaired) electrons. The second kappa shape index (κ2) is 6.23. The van der Waals surface area contributed by atoms with Gasteiger partial charge in [0.2, 0.25) is 0 Å². The van der Waals surface area contributed by atoms with Gasteiger partial charge in [0.25, 0.3) is 0 Å². The topological polar surface area (TPSA) is 52.6 Å². The minimum atomic E-state index is -0.689. The highest BCUT2D eigenvalue weighted by Gasteiger charge is 2.47. The number of hydrogen-bond donors (Lipinski definition) is 2. The van der Waals surface area contributed by atoms with Crippen LogP contribution < -0.4 is 5.32 Å². The maximum absolute atomic E-state index is 11.7. The van der Waals surface area contributed by atoms with Crippen LogP contribution in [0.3, 0.4) is 0 Å². The molecule has 0 spiro atoms. The van der Waals surface area contributed by atoms with Gasteiger partial charge in [0.1, 0.15) is 5.54 Å². The van der Waals surface area contributed by atoms with E-state index in [0.29, 0.717) is 6.04 Å². The summed E-state index contributed by atoms with van der Waals surface area (Å²) in [5.41, 5.74) is -0.689. The third kappa shape index (κ3) is 3.48. The zero-order chi connectivity index (χ0) is 13.9. The number of carboxylic acid groups (broad SMARTS) is 1. The van der Waals surface area contributed by atoms with Crippen LogP contribution in [-0.4, -0.2) is 46.7 Å². The van der Waals surface area contributed by atoms with E-state index in [2.05, 4.69) is 10.2 Å². The fraction of sp³-hybridized carbons (Fsp3) is 0.933. The molecule has 0 bridgehead atoms. The molecule has 0 aromatic heterocycles. The van der Waals surface area contributed by atoms with Gasteiger partial charge < -0.3 is 10.0 Å². The van der Waals surface area contributed by atoms with Crippen LogP contribution >= 0.6 is 0 Å². The van der Waals surface area contributed by atoms with Crippen molar-refractivity contribution >= 4 is 5.97 Å². The van der Waals surface area contributed by atoms with Gasteiger partial charge in [-0.2, -0.15) is 0 Å². The first kappa shape index (κ1) is 14.8. The van der Waals surface area contributed by atoms with Gasteiger partial charge in [-0.3, -0.25) is 10.1 Å². The highest BCUT2D eigenvalue weighted by Crippen LogP contribution is 2.34. The molecule has 1 saturated carbocycles. The summed E-state index contributed by atoms with van der Waals surface area (Å²) >= 11 is 0. The number of likely N-dealkylation sites (tertiary alicyclic amines) is 1. The first-order chi connectivity index (χ1) is 9.03. The molecule has 0 aromatic carbocycles. The van der Waals surface area contributed by atoms with Gasteiger partial charge in [0, 0.05) is 12.1 Å². The number of carbonyl (C=O) groups is 1. The Kier molecular flexibility index (Phi) is 4.85. The molecular weight excluding hydrogens is 240 g/mol. The number of aliphatic carboxylic acids is 1. The lowest BCUT2D eigenvalue weighted by molar-refractivity contribution is -0.145. The number of nitrogens with zero attached hydrogens (tertiary/aromatic N) is 1. The van der Waals surface area contributed by atoms with E-state index in [9.17, 15) is 9.90 Å². The Hall–Kier alpha value is -0.610. The lowest BCUT2D eigenvalue weighted by Crippen LogP contribution is -2.54. The van der Waals surface area contributed by atoms with Crippen LogP contribution in [-0.2, 0) is 4.79 Å². The van der Waals surface area contributed by atoms with E-state index in [1.807, 2.05) is 13.8 Å². The summed E-state index contributed by atoms with van der Waals surface area (Å²) in [5, 5.41) is 12.9. The normalized spacial score (nSPS) is 33.5. The summed E-state index contributed by atoms with van der Waals surface area (Å²) < 4.78 is 0. The molecule has 4 heteroatoms.